The van der Waals surface area contributed by atoms with Crippen LogP contribution in [0.5, 0.6) is 0 Å². The molecule has 0 aliphatic rings. The van der Waals surface area contributed by atoms with Gasteiger partial charge in [-0.2, -0.15) is 0 Å². The summed E-state index contributed by atoms with van der Waals surface area (Å²) in [5.74, 6) is -0.635. The van der Waals surface area contributed by atoms with Crippen LogP contribution in [0.15, 0.2) is 6.07 Å². The van der Waals surface area contributed by atoms with Crippen LogP contribution in [0.3, 0.4) is 0 Å². The third-order valence-corrected chi connectivity index (χ3v) is 5.93. The maximum absolute atomic E-state index is 12.7. The Balaban J connectivity index is 2.20. The minimum absolute atomic E-state index is 0.194. The molecule has 0 fully saturated rings. The van der Waals surface area contributed by atoms with Gasteiger partial charge in [0.05, 0.1) is 12.2 Å². The molecule has 152 valence electrons. The van der Waals surface area contributed by atoms with Gasteiger partial charge < -0.3 is 14.0 Å². The third kappa shape index (κ3) is 4.04. The fraction of sp³-hybridized carbons (Fsp3) is 0.478. The van der Waals surface area contributed by atoms with Crippen molar-refractivity contribution in [2.75, 3.05) is 20.3 Å². The fourth-order valence-corrected chi connectivity index (χ4v) is 3.70. The zero-order chi connectivity index (χ0) is 21.2. The second-order valence-electron chi connectivity index (χ2n) is 7.43. The van der Waals surface area contributed by atoms with E-state index in [9.17, 15) is 9.59 Å². The normalized spacial score (nSPS) is 11.0. The highest BCUT2D eigenvalue weighted by molar-refractivity contribution is 6.01. The van der Waals surface area contributed by atoms with Crippen molar-refractivity contribution in [3.8, 4) is 0 Å². The van der Waals surface area contributed by atoms with Gasteiger partial charge in [-0.05, 0) is 82.3 Å². The average Bonchev–Trinajstić information content (AvgIpc) is 2.95. The number of esters is 1. The number of methoxy groups -OCH3 is 1. The van der Waals surface area contributed by atoms with Crippen LogP contribution in [0.25, 0.3) is 0 Å². The number of aromatic nitrogens is 1. The maximum Gasteiger partial charge on any atom is 0.339 e. The largest absolute Gasteiger partial charge is 0.454 e. The van der Waals surface area contributed by atoms with Gasteiger partial charge >= 0.3 is 5.97 Å². The lowest BCUT2D eigenvalue weighted by Crippen LogP contribution is -2.18. The summed E-state index contributed by atoms with van der Waals surface area (Å²) in [6.45, 7) is 14.8. The van der Waals surface area contributed by atoms with Gasteiger partial charge in [-0.15, -0.1) is 0 Å². The molecule has 0 unspecified atom stereocenters. The Morgan fingerprint density at radius 2 is 1.43 bits per heavy atom. The number of carbonyl (C=O) groups is 2. The first-order valence-electron chi connectivity index (χ1n) is 9.54. The van der Waals surface area contributed by atoms with Crippen LogP contribution < -0.4 is 0 Å². The van der Waals surface area contributed by atoms with Crippen molar-refractivity contribution in [2.45, 2.75) is 55.0 Å². The lowest BCUT2D eigenvalue weighted by atomic mass is 9.90. The summed E-state index contributed by atoms with van der Waals surface area (Å²) in [7, 11) is 1.65. The zero-order valence-electron chi connectivity index (χ0n) is 18.3. The summed E-state index contributed by atoms with van der Waals surface area (Å²) >= 11 is 0. The van der Waals surface area contributed by atoms with Crippen LogP contribution in [0.2, 0.25) is 0 Å². The second-order valence-corrected chi connectivity index (χ2v) is 7.43. The number of hydrogen-bond acceptors (Lipinski definition) is 4. The Labute approximate surface area is 167 Å². The second kappa shape index (κ2) is 8.74. The topological polar surface area (TPSA) is 57.5 Å². The first kappa shape index (κ1) is 21.9. The monoisotopic (exact) mass is 385 g/mol. The van der Waals surface area contributed by atoms with E-state index in [-0.39, 0.29) is 12.4 Å². The first-order chi connectivity index (χ1) is 13.1. The molecular formula is C23H31NO4. The Bertz CT molecular complexity index is 892. The number of aryl methyl sites for hydroxylation is 1. The Kier molecular flexibility index (Phi) is 6.83. The highest BCUT2D eigenvalue weighted by Gasteiger charge is 2.22. The Hall–Kier alpha value is -2.40. The zero-order valence-corrected chi connectivity index (χ0v) is 18.3. The number of nitrogens with zero attached hydrogens (tertiary/aromatic N) is 1. The number of ether oxygens (including phenoxy) is 2. The molecule has 1 aromatic heterocycles. The van der Waals surface area contributed by atoms with Crippen LogP contribution >= 0.6 is 0 Å². The van der Waals surface area contributed by atoms with Crippen molar-refractivity contribution in [3.63, 3.8) is 0 Å². The van der Waals surface area contributed by atoms with E-state index in [0.717, 1.165) is 33.6 Å². The van der Waals surface area contributed by atoms with Crippen LogP contribution in [0.1, 0.15) is 59.9 Å². The van der Waals surface area contributed by atoms with Gasteiger partial charge in [-0.1, -0.05) is 0 Å². The molecule has 0 bridgehead atoms. The number of Topliss-reactive ketones (excluding diaryl/α,β-unsaturated/α-hetero) is 1. The minimum Gasteiger partial charge on any atom is -0.454 e. The summed E-state index contributed by atoms with van der Waals surface area (Å²) in [5, 5.41) is 0. The molecular weight excluding hydrogens is 354 g/mol. The molecule has 5 heteroatoms. The molecule has 0 N–H and O–H groups in total. The molecule has 0 amide bonds. The van der Waals surface area contributed by atoms with E-state index in [4.69, 9.17) is 9.47 Å². The summed E-state index contributed by atoms with van der Waals surface area (Å²) < 4.78 is 12.6. The van der Waals surface area contributed by atoms with Crippen LogP contribution in [-0.4, -0.2) is 36.6 Å². The van der Waals surface area contributed by atoms with Crippen molar-refractivity contribution in [1.82, 2.24) is 4.57 Å². The Morgan fingerprint density at radius 3 is 1.96 bits per heavy atom. The van der Waals surface area contributed by atoms with Gasteiger partial charge in [0.25, 0.3) is 0 Å². The number of rotatable bonds is 7. The van der Waals surface area contributed by atoms with Gasteiger partial charge in [0, 0.05) is 30.6 Å². The molecule has 2 rings (SSSR count). The van der Waals surface area contributed by atoms with Crippen molar-refractivity contribution >= 4 is 11.8 Å². The molecule has 0 aliphatic carbocycles. The standard InChI is InChI=1S/C23H31NO4/c1-13-11-20(19(7)24(13)9-10-27-8)21(25)12-28-23(26)22-17(5)15(3)14(2)16(4)18(22)6/h11H,9-10,12H2,1-8H3. The van der Waals surface area contributed by atoms with Crippen LogP contribution in [0.4, 0.5) is 0 Å². The molecule has 5 nitrogen and oxygen atoms in total. The van der Waals surface area contributed by atoms with E-state index in [1.807, 2.05) is 52.2 Å². The summed E-state index contributed by atoms with van der Waals surface area (Å²) in [6.07, 6.45) is 0. The molecule has 1 heterocycles. The van der Waals surface area contributed by atoms with E-state index < -0.39 is 5.97 Å². The van der Waals surface area contributed by atoms with E-state index in [2.05, 4.69) is 6.92 Å². The molecule has 0 radical (unpaired) electrons. The first-order valence-corrected chi connectivity index (χ1v) is 9.54. The number of benzene rings is 1. The fourth-order valence-electron chi connectivity index (χ4n) is 3.70. The number of ketones is 1. The highest BCUT2D eigenvalue weighted by Crippen LogP contribution is 2.26. The third-order valence-electron chi connectivity index (χ3n) is 5.93. The van der Waals surface area contributed by atoms with Crippen LogP contribution in [-0.2, 0) is 16.0 Å². The van der Waals surface area contributed by atoms with Gasteiger partial charge in [0.1, 0.15) is 0 Å². The summed E-state index contributed by atoms with van der Waals surface area (Å²) in [5.41, 5.74) is 8.19. The van der Waals surface area contributed by atoms with Crippen molar-refractivity contribution in [3.05, 3.63) is 56.4 Å². The number of hydrogen-bond donors (Lipinski definition) is 0. The van der Waals surface area contributed by atoms with Gasteiger partial charge in [-0.25, -0.2) is 4.79 Å². The average molecular weight is 386 g/mol. The molecule has 2 aromatic rings. The van der Waals surface area contributed by atoms with Gasteiger partial charge in [0.15, 0.2) is 6.61 Å². The summed E-state index contributed by atoms with van der Waals surface area (Å²) in [6, 6.07) is 1.85. The van der Waals surface area contributed by atoms with Crippen molar-refractivity contribution in [1.29, 1.82) is 0 Å². The van der Waals surface area contributed by atoms with E-state index >= 15 is 0 Å². The lowest BCUT2D eigenvalue weighted by Gasteiger charge is -2.17. The smallest absolute Gasteiger partial charge is 0.339 e. The van der Waals surface area contributed by atoms with E-state index in [0.29, 0.717) is 24.3 Å². The van der Waals surface area contributed by atoms with Gasteiger partial charge in [0.2, 0.25) is 5.78 Å². The molecule has 0 saturated heterocycles. The molecule has 0 saturated carbocycles. The SMILES string of the molecule is COCCn1c(C)cc(C(=O)COC(=O)c2c(C)c(C)c(C)c(C)c2C)c1C. The molecule has 0 atom stereocenters. The van der Waals surface area contributed by atoms with E-state index in [1.54, 1.807) is 7.11 Å². The van der Waals surface area contributed by atoms with E-state index in [1.165, 1.54) is 5.56 Å². The molecule has 0 aliphatic heterocycles. The quantitative estimate of drug-likeness (QED) is 0.526. The lowest BCUT2D eigenvalue weighted by molar-refractivity contribution is 0.0472. The summed E-state index contributed by atoms with van der Waals surface area (Å²) in [4.78, 5) is 25.4. The highest BCUT2D eigenvalue weighted by atomic mass is 16.5. The number of carbonyl (C=O) groups excluding carboxylic acids is 2. The molecule has 1 aromatic carbocycles. The predicted molar refractivity (Wildman–Crippen MR) is 111 cm³/mol. The Morgan fingerprint density at radius 1 is 0.893 bits per heavy atom. The predicted octanol–water partition coefficient (Wildman–Crippen LogP) is 4.33. The maximum atomic E-state index is 12.7. The van der Waals surface area contributed by atoms with Crippen molar-refractivity contribution < 1.29 is 19.1 Å². The minimum atomic E-state index is -0.442. The molecule has 28 heavy (non-hydrogen) atoms. The molecule has 0 spiro atoms. The van der Waals surface area contributed by atoms with Gasteiger partial charge in [-0.3, -0.25) is 4.79 Å². The van der Waals surface area contributed by atoms with Crippen molar-refractivity contribution in [2.24, 2.45) is 0 Å². The van der Waals surface area contributed by atoms with Crippen LogP contribution in [0, 0.1) is 48.5 Å².